The highest BCUT2D eigenvalue weighted by Gasteiger charge is 2.40. The van der Waals surface area contributed by atoms with E-state index in [9.17, 15) is 14.4 Å². The smallest absolute Gasteiger partial charge is 0.247 e. The molecule has 2 aromatic rings. The summed E-state index contributed by atoms with van der Waals surface area (Å²) in [6.07, 6.45) is 0.0512. The fourth-order valence-electron chi connectivity index (χ4n) is 2.68. The molecule has 146 valence electrons. The predicted molar refractivity (Wildman–Crippen MR) is 111 cm³/mol. The van der Waals surface area contributed by atoms with Crippen LogP contribution in [0.3, 0.4) is 0 Å². The van der Waals surface area contributed by atoms with Crippen LogP contribution in [0.15, 0.2) is 42.5 Å². The fourth-order valence-corrected chi connectivity index (χ4v) is 3.92. The Balaban J connectivity index is 1.58. The maximum atomic E-state index is 12.6. The quantitative estimate of drug-likeness (QED) is 0.689. The highest BCUT2D eigenvalue weighted by molar-refractivity contribution is 8.01. The molecule has 1 aliphatic heterocycles. The van der Waals surface area contributed by atoms with Gasteiger partial charge in [-0.25, -0.2) is 4.90 Å². The number of rotatable bonds is 6. The molecule has 1 N–H and O–H groups in total. The SMILES string of the molecule is COc1ccc(N2C(=O)C[C@H](SCC(=O)Nc3ccc(Cl)c(Cl)c3)C2=O)cc1. The van der Waals surface area contributed by atoms with Crippen molar-refractivity contribution in [1.82, 2.24) is 0 Å². The second kappa shape index (κ2) is 8.86. The molecule has 0 bridgehead atoms. The van der Waals surface area contributed by atoms with Crippen molar-refractivity contribution < 1.29 is 19.1 Å². The van der Waals surface area contributed by atoms with Crippen LogP contribution in [0.2, 0.25) is 10.0 Å². The zero-order valence-corrected chi connectivity index (χ0v) is 17.1. The van der Waals surface area contributed by atoms with Gasteiger partial charge in [-0.15, -0.1) is 11.8 Å². The first-order valence-electron chi connectivity index (χ1n) is 8.26. The summed E-state index contributed by atoms with van der Waals surface area (Å²) in [6.45, 7) is 0. The molecule has 1 atom stereocenters. The average Bonchev–Trinajstić information content (AvgIpc) is 2.96. The summed E-state index contributed by atoms with van der Waals surface area (Å²) >= 11 is 12.9. The third-order valence-corrected chi connectivity index (χ3v) is 5.99. The third-order valence-electron chi connectivity index (χ3n) is 4.05. The van der Waals surface area contributed by atoms with E-state index in [2.05, 4.69) is 5.32 Å². The van der Waals surface area contributed by atoms with Crippen molar-refractivity contribution in [2.75, 3.05) is 23.1 Å². The number of amides is 3. The van der Waals surface area contributed by atoms with Crippen LogP contribution in [0, 0.1) is 0 Å². The van der Waals surface area contributed by atoms with Crippen LogP contribution in [0.1, 0.15) is 6.42 Å². The van der Waals surface area contributed by atoms with Gasteiger partial charge < -0.3 is 10.1 Å². The maximum absolute atomic E-state index is 12.6. The van der Waals surface area contributed by atoms with E-state index in [0.717, 1.165) is 16.7 Å². The molecule has 3 amide bonds. The summed E-state index contributed by atoms with van der Waals surface area (Å²) in [5.41, 5.74) is 0.993. The molecule has 1 fully saturated rings. The number of benzene rings is 2. The molecular formula is C19H16Cl2N2O4S. The largest absolute Gasteiger partial charge is 0.497 e. The van der Waals surface area contributed by atoms with Crippen molar-refractivity contribution in [3.05, 3.63) is 52.5 Å². The Morgan fingerprint density at radius 3 is 2.54 bits per heavy atom. The molecule has 9 heteroatoms. The lowest BCUT2D eigenvalue weighted by atomic mass is 10.3. The Morgan fingerprint density at radius 1 is 1.18 bits per heavy atom. The Bertz CT molecular complexity index is 921. The minimum atomic E-state index is -0.603. The van der Waals surface area contributed by atoms with E-state index in [1.165, 1.54) is 7.11 Å². The van der Waals surface area contributed by atoms with Crippen LogP contribution in [-0.4, -0.2) is 35.8 Å². The molecule has 0 saturated carbocycles. The Labute approximate surface area is 176 Å². The summed E-state index contributed by atoms with van der Waals surface area (Å²) in [5.74, 6) is -0.264. The molecule has 0 unspecified atom stereocenters. The molecule has 0 aromatic heterocycles. The second-order valence-electron chi connectivity index (χ2n) is 5.95. The van der Waals surface area contributed by atoms with Crippen molar-refractivity contribution in [2.24, 2.45) is 0 Å². The van der Waals surface area contributed by atoms with Crippen molar-refractivity contribution >= 4 is 64.1 Å². The number of methoxy groups -OCH3 is 1. The lowest BCUT2D eigenvalue weighted by Crippen LogP contribution is -2.31. The molecular weight excluding hydrogens is 423 g/mol. The van der Waals surface area contributed by atoms with Gasteiger partial charge in [0.15, 0.2) is 0 Å². The van der Waals surface area contributed by atoms with Gasteiger partial charge in [0, 0.05) is 12.1 Å². The normalized spacial score (nSPS) is 16.4. The lowest BCUT2D eigenvalue weighted by Gasteiger charge is -2.15. The van der Waals surface area contributed by atoms with Gasteiger partial charge in [0.05, 0.1) is 33.8 Å². The average molecular weight is 439 g/mol. The summed E-state index contributed by atoms with van der Waals surface area (Å²) in [4.78, 5) is 38.2. The van der Waals surface area contributed by atoms with Crippen LogP contribution in [0.4, 0.5) is 11.4 Å². The first-order chi connectivity index (χ1) is 13.4. The molecule has 28 heavy (non-hydrogen) atoms. The number of halogens is 2. The van der Waals surface area contributed by atoms with E-state index in [-0.39, 0.29) is 29.9 Å². The third kappa shape index (κ3) is 4.60. The van der Waals surface area contributed by atoms with Crippen LogP contribution in [-0.2, 0) is 14.4 Å². The number of thioether (sulfide) groups is 1. The standard InChI is InChI=1S/C19H16Cl2N2O4S/c1-27-13-5-3-12(4-6-13)23-18(25)9-16(19(23)26)28-10-17(24)22-11-2-7-14(20)15(21)8-11/h2-8,16H,9-10H2,1H3,(H,22,24)/t16-/m0/s1. The number of ether oxygens (including phenoxy) is 1. The molecule has 0 spiro atoms. The second-order valence-corrected chi connectivity index (χ2v) is 7.95. The number of carbonyl (C=O) groups is 3. The molecule has 0 aliphatic carbocycles. The number of imide groups is 1. The van der Waals surface area contributed by atoms with Crippen LogP contribution in [0.5, 0.6) is 5.75 Å². The summed E-state index contributed by atoms with van der Waals surface area (Å²) < 4.78 is 5.08. The van der Waals surface area contributed by atoms with E-state index < -0.39 is 5.25 Å². The molecule has 2 aromatic carbocycles. The number of hydrogen-bond donors (Lipinski definition) is 1. The van der Waals surface area contributed by atoms with Crippen molar-refractivity contribution in [3.8, 4) is 5.75 Å². The van der Waals surface area contributed by atoms with E-state index >= 15 is 0 Å². The number of nitrogens with one attached hydrogen (secondary N) is 1. The van der Waals surface area contributed by atoms with Crippen LogP contribution < -0.4 is 15.0 Å². The number of nitrogens with zero attached hydrogens (tertiary/aromatic N) is 1. The van der Waals surface area contributed by atoms with Gasteiger partial charge in [-0.2, -0.15) is 0 Å². The van der Waals surface area contributed by atoms with E-state index in [1.807, 2.05) is 0 Å². The first-order valence-corrected chi connectivity index (χ1v) is 10.1. The highest BCUT2D eigenvalue weighted by atomic mass is 35.5. The molecule has 1 aliphatic rings. The Morgan fingerprint density at radius 2 is 1.89 bits per heavy atom. The molecule has 1 saturated heterocycles. The van der Waals surface area contributed by atoms with Gasteiger partial charge in [-0.05, 0) is 42.5 Å². The molecule has 3 rings (SSSR count). The Kier molecular flexibility index (Phi) is 6.49. The van der Waals surface area contributed by atoms with E-state index in [4.69, 9.17) is 27.9 Å². The van der Waals surface area contributed by atoms with Crippen molar-refractivity contribution in [3.63, 3.8) is 0 Å². The maximum Gasteiger partial charge on any atom is 0.247 e. The Hall–Kier alpha value is -2.22. The van der Waals surface area contributed by atoms with E-state index in [1.54, 1.807) is 42.5 Å². The molecule has 0 radical (unpaired) electrons. The zero-order valence-electron chi connectivity index (χ0n) is 14.8. The van der Waals surface area contributed by atoms with Crippen LogP contribution in [0.25, 0.3) is 0 Å². The van der Waals surface area contributed by atoms with Gasteiger partial charge in [0.2, 0.25) is 17.7 Å². The van der Waals surface area contributed by atoms with E-state index in [0.29, 0.717) is 27.2 Å². The highest BCUT2D eigenvalue weighted by Crippen LogP contribution is 2.31. The van der Waals surface area contributed by atoms with Crippen LogP contribution >= 0.6 is 35.0 Å². The van der Waals surface area contributed by atoms with Gasteiger partial charge in [-0.3, -0.25) is 14.4 Å². The summed E-state index contributed by atoms with van der Waals surface area (Å²) in [7, 11) is 1.54. The van der Waals surface area contributed by atoms with Crippen molar-refractivity contribution in [2.45, 2.75) is 11.7 Å². The topological polar surface area (TPSA) is 75.7 Å². The molecule has 1 heterocycles. The number of hydrogen-bond acceptors (Lipinski definition) is 5. The number of carbonyl (C=O) groups excluding carboxylic acids is 3. The first kappa shape index (κ1) is 20.5. The minimum absolute atomic E-state index is 0.0282. The van der Waals surface area contributed by atoms with Crippen molar-refractivity contribution in [1.29, 1.82) is 0 Å². The predicted octanol–water partition coefficient (Wildman–Crippen LogP) is 4.01. The van der Waals surface area contributed by atoms with Gasteiger partial charge in [-0.1, -0.05) is 23.2 Å². The fraction of sp³-hybridized carbons (Fsp3) is 0.211. The summed E-state index contributed by atoms with van der Waals surface area (Å²) in [5, 5.41) is 2.81. The lowest BCUT2D eigenvalue weighted by molar-refractivity contribution is -0.121. The number of anilines is 2. The van der Waals surface area contributed by atoms with Gasteiger partial charge >= 0.3 is 0 Å². The van der Waals surface area contributed by atoms with Gasteiger partial charge in [0.1, 0.15) is 5.75 Å². The monoisotopic (exact) mass is 438 g/mol. The summed E-state index contributed by atoms with van der Waals surface area (Å²) in [6, 6.07) is 11.4. The molecule has 6 nitrogen and oxygen atoms in total. The zero-order chi connectivity index (χ0) is 20.3. The van der Waals surface area contributed by atoms with Gasteiger partial charge in [0.25, 0.3) is 0 Å². The minimum Gasteiger partial charge on any atom is -0.497 e.